The summed E-state index contributed by atoms with van der Waals surface area (Å²) in [4.78, 5) is 24.2. The maximum absolute atomic E-state index is 12.1. The molecule has 0 aromatic heterocycles. The molecule has 0 spiro atoms. The number of carbonyl (C=O) groups excluding carboxylic acids is 2. The molecule has 7 nitrogen and oxygen atoms in total. The second-order valence-corrected chi connectivity index (χ2v) is 7.72. The van der Waals surface area contributed by atoms with E-state index in [9.17, 15) is 9.59 Å². The summed E-state index contributed by atoms with van der Waals surface area (Å²) in [5.74, 6) is 0.117. The monoisotopic (exact) mass is 515 g/mol. The molecule has 0 aliphatic carbocycles. The largest absolute Gasteiger partial charge is 0.493 e. The quantitative estimate of drug-likeness (QED) is 0.329. The molecule has 3 aromatic carbocycles. The van der Waals surface area contributed by atoms with Gasteiger partial charge in [-0.2, -0.15) is 5.10 Å². The first-order chi connectivity index (χ1) is 15.5. The summed E-state index contributed by atoms with van der Waals surface area (Å²) in [7, 11) is 1.49. The van der Waals surface area contributed by atoms with Crippen molar-refractivity contribution in [1.29, 1.82) is 0 Å². The van der Waals surface area contributed by atoms with E-state index in [1.165, 1.54) is 13.3 Å². The zero-order valence-corrected chi connectivity index (χ0v) is 19.3. The Balaban J connectivity index is 1.62. The van der Waals surface area contributed by atoms with Crippen molar-refractivity contribution in [3.05, 3.63) is 87.4 Å². The number of para-hydroxylation sites is 1. The highest BCUT2D eigenvalue weighted by molar-refractivity contribution is 9.10. The number of hydrogen-bond donors (Lipinski definition) is 2. The second-order valence-electron chi connectivity index (χ2n) is 6.43. The van der Waals surface area contributed by atoms with Gasteiger partial charge in [-0.1, -0.05) is 29.8 Å². The van der Waals surface area contributed by atoms with E-state index < -0.39 is 0 Å². The Morgan fingerprint density at radius 1 is 1.06 bits per heavy atom. The smallest absolute Gasteiger partial charge is 0.271 e. The number of anilines is 1. The van der Waals surface area contributed by atoms with Crippen LogP contribution in [-0.2, 0) is 4.79 Å². The number of ether oxygens (including phenoxy) is 2. The lowest BCUT2D eigenvalue weighted by molar-refractivity contribution is -0.118. The second kappa shape index (κ2) is 11.3. The van der Waals surface area contributed by atoms with Gasteiger partial charge in [0.2, 0.25) is 0 Å². The highest BCUT2D eigenvalue weighted by atomic mass is 79.9. The average molecular weight is 517 g/mol. The molecule has 3 aromatic rings. The van der Waals surface area contributed by atoms with E-state index in [1.807, 2.05) is 18.2 Å². The van der Waals surface area contributed by atoms with Crippen LogP contribution >= 0.6 is 27.5 Å². The summed E-state index contributed by atoms with van der Waals surface area (Å²) in [5, 5.41) is 7.27. The van der Waals surface area contributed by atoms with Crippen LogP contribution in [0.5, 0.6) is 11.5 Å². The summed E-state index contributed by atoms with van der Waals surface area (Å²) in [6.07, 6.45) is 1.46. The van der Waals surface area contributed by atoms with Gasteiger partial charge in [-0.15, -0.1) is 0 Å². The minimum Gasteiger partial charge on any atom is -0.493 e. The van der Waals surface area contributed by atoms with Crippen LogP contribution in [-0.4, -0.2) is 31.7 Å². The van der Waals surface area contributed by atoms with Crippen molar-refractivity contribution in [2.45, 2.75) is 0 Å². The van der Waals surface area contributed by atoms with E-state index in [-0.39, 0.29) is 18.4 Å². The van der Waals surface area contributed by atoms with Gasteiger partial charge in [0.05, 0.1) is 13.3 Å². The lowest BCUT2D eigenvalue weighted by Gasteiger charge is -2.12. The number of nitrogens with zero attached hydrogens (tertiary/aromatic N) is 1. The van der Waals surface area contributed by atoms with Crippen molar-refractivity contribution in [1.82, 2.24) is 5.43 Å². The number of methoxy groups -OCH3 is 1. The number of hydrogen-bond acceptors (Lipinski definition) is 5. The van der Waals surface area contributed by atoms with Crippen LogP contribution in [0.2, 0.25) is 5.02 Å². The molecule has 0 fully saturated rings. The van der Waals surface area contributed by atoms with Crippen molar-refractivity contribution in [2.24, 2.45) is 5.10 Å². The summed E-state index contributed by atoms with van der Waals surface area (Å²) < 4.78 is 11.6. The van der Waals surface area contributed by atoms with E-state index in [1.54, 1.807) is 48.5 Å². The molecule has 164 valence electrons. The molecule has 0 aliphatic heterocycles. The number of rotatable bonds is 8. The van der Waals surface area contributed by atoms with Gasteiger partial charge in [0.1, 0.15) is 0 Å². The lowest BCUT2D eigenvalue weighted by atomic mass is 10.2. The fraction of sp³-hybridized carbons (Fsp3) is 0.0870. The Hall–Kier alpha value is -3.36. The minimum atomic E-state index is -0.370. The Morgan fingerprint density at radius 3 is 2.47 bits per heavy atom. The predicted octanol–water partition coefficient (Wildman–Crippen LogP) is 4.89. The first kappa shape index (κ1) is 23.3. The van der Waals surface area contributed by atoms with Gasteiger partial charge < -0.3 is 14.8 Å². The van der Waals surface area contributed by atoms with Crippen LogP contribution in [0.15, 0.2) is 76.3 Å². The molecule has 0 atom stereocenters. The molecule has 0 bridgehead atoms. The van der Waals surface area contributed by atoms with E-state index >= 15 is 0 Å². The highest BCUT2D eigenvalue weighted by Gasteiger charge is 2.12. The van der Waals surface area contributed by atoms with Gasteiger partial charge in [0.25, 0.3) is 11.8 Å². The summed E-state index contributed by atoms with van der Waals surface area (Å²) in [5.41, 5.74) is 4.20. The SMILES string of the molecule is COc1cc(/C=N\NC(=O)c2ccc(Cl)cc2)c(Br)cc1OCC(=O)Nc1ccccc1. The number of benzene rings is 3. The molecule has 0 saturated carbocycles. The van der Waals surface area contributed by atoms with Crippen molar-refractivity contribution in [2.75, 3.05) is 19.0 Å². The maximum Gasteiger partial charge on any atom is 0.271 e. The van der Waals surface area contributed by atoms with Crippen molar-refractivity contribution in [3.8, 4) is 11.5 Å². The topological polar surface area (TPSA) is 89.0 Å². The standard InChI is InChI=1S/C23H19BrClN3O4/c1-31-20-11-16(13-26-28-23(30)15-7-9-17(25)10-8-15)19(24)12-21(20)32-14-22(29)27-18-5-3-2-4-6-18/h2-13H,14H2,1H3,(H,27,29)(H,28,30)/b26-13-. The molecule has 0 unspecified atom stereocenters. The Labute approximate surface area is 198 Å². The third-order valence-corrected chi connectivity index (χ3v) is 5.11. The van der Waals surface area contributed by atoms with Crippen LogP contribution in [0.3, 0.4) is 0 Å². The van der Waals surface area contributed by atoms with E-state index in [4.69, 9.17) is 21.1 Å². The average Bonchev–Trinajstić information content (AvgIpc) is 2.79. The zero-order chi connectivity index (χ0) is 22.9. The molecule has 0 heterocycles. The molecule has 2 N–H and O–H groups in total. The summed E-state index contributed by atoms with van der Waals surface area (Å²) in [6, 6.07) is 18.9. The van der Waals surface area contributed by atoms with Gasteiger partial charge in [0.15, 0.2) is 18.1 Å². The summed E-state index contributed by atoms with van der Waals surface area (Å²) in [6.45, 7) is -0.192. The van der Waals surface area contributed by atoms with Crippen LogP contribution in [0.4, 0.5) is 5.69 Å². The Bertz CT molecular complexity index is 1120. The molecular formula is C23H19BrClN3O4. The van der Waals surface area contributed by atoms with E-state index in [0.29, 0.717) is 37.8 Å². The molecule has 2 amide bonds. The normalized spacial score (nSPS) is 10.6. The molecule has 0 aliphatic rings. The summed E-state index contributed by atoms with van der Waals surface area (Å²) >= 11 is 9.26. The number of carbonyl (C=O) groups is 2. The number of nitrogens with one attached hydrogen (secondary N) is 2. The van der Waals surface area contributed by atoms with Crippen molar-refractivity contribution >= 4 is 51.2 Å². The van der Waals surface area contributed by atoms with E-state index in [2.05, 4.69) is 31.8 Å². The Morgan fingerprint density at radius 2 is 1.78 bits per heavy atom. The molecular weight excluding hydrogens is 498 g/mol. The fourth-order valence-corrected chi connectivity index (χ4v) is 3.16. The Kier molecular flexibility index (Phi) is 8.24. The van der Waals surface area contributed by atoms with Gasteiger partial charge in [-0.3, -0.25) is 9.59 Å². The maximum atomic E-state index is 12.1. The number of hydrazone groups is 1. The van der Waals surface area contributed by atoms with E-state index in [0.717, 1.165) is 0 Å². The molecule has 9 heteroatoms. The van der Waals surface area contributed by atoms with Crippen molar-refractivity contribution in [3.63, 3.8) is 0 Å². The minimum absolute atomic E-state index is 0.192. The van der Waals surface area contributed by atoms with Crippen molar-refractivity contribution < 1.29 is 19.1 Å². The van der Waals surface area contributed by atoms with Crippen LogP contribution in [0, 0.1) is 0 Å². The van der Waals surface area contributed by atoms with Gasteiger partial charge in [-0.05, 0) is 64.5 Å². The third-order valence-electron chi connectivity index (χ3n) is 4.18. The van der Waals surface area contributed by atoms with Crippen LogP contribution in [0.25, 0.3) is 0 Å². The number of amides is 2. The molecule has 0 radical (unpaired) electrons. The molecule has 32 heavy (non-hydrogen) atoms. The third kappa shape index (κ3) is 6.57. The van der Waals surface area contributed by atoms with Crippen LogP contribution in [0.1, 0.15) is 15.9 Å². The van der Waals surface area contributed by atoms with Gasteiger partial charge in [0, 0.05) is 26.3 Å². The number of halogens is 2. The zero-order valence-electron chi connectivity index (χ0n) is 17.0. The fourth-order valence-electron chi connectivity index (χ4n) is 2.61. The molecule has 0 saturated heterocycles. The highest BCUT2D eigenvalue weighted by Crippen LogP contribution is 2.33. The predicted molar refractivity (Wildman–Crippen MR) is 128 cm³/mol. The first-order valence-electron chi connectivity index (χ1n) is 9.40. The van der Waals surface area contributed by atoms with Crippen LogP contribution < -0.4 is 20.2 Å². The van der Waals surface area contributed by atoms with Gasteiger partial charge >= 0.3 is 0 Å². The first-order valence-corrected chi connectivity index (χ1v) is 10.6. The lowest BCUT2D eigenvalue weighted by Crippen LogP contribution is -2.20. The van der Waals surface area contributed by atoms with Gasteiger partial charge in [-0.25, -0.2) is 5.43 Å². The molecule has 3 rings (SSSR count).